The van der Waals surface area contributed by atoms with Crippen LogP contribution in [0, 0.1) is 45.8 Å². The lowest BCUT2D eigenvalue weighted by atomic mass is 9.26. The van der Waals surface area contributed by atoms with Crippen LogP contribution in [0.4, 0.5) is 0 Å². The smallest absolute Gasteiger partial charge is 0.303 e. The molecular formula is C24H32O8. The maximum atomic E-state index is 13.9. The minimum absolute atomic E-state index is 0.0838. The van der Waals surface area contributed by atoms with Gasteiger partial charge in [-0.15, -0.1) is 0 Å². The van der Waals surface area contributed by atoms with Crippen molar-refractivity contribution in [3.05, 3.63) is 0 Å². The van der Waals surface area contributed by atoms with E-state index in [4.69, 9.17) is 9.47 Å². The predicted octanol–water partition coefficient (Wildman–Crippen LogP) is 1.05. The number of aliphatic hydroxyl groups excluding tert-OH is 1. The van der Waals surface area contributed by atoms with E-state index in [0.717, 1.165) is 0 Å². The second-order valence-electron chi connectivity index (χ2n) is 11.7. The maximum Gasteiger partial charge on any atom is 0.303 e. The Morgan fingerprint density at radius 2 is 1.53 bits per heavy atom. The molecule has 5 aliphatic carbocycles. The van der Waals surface area contributed by atoms with E-state index in [2.05, 4.69) is 0 Å². The number of Topliss-reactive ketones (excluding diaryl/α,β-unsaturated/α-hetero) is 2. The van der Waals surface area contributed by atoms with Crippen molar-refractivity contribution >= 4 is 23.5 Å². The van der Waals surface area contributed by atoms with Crippen LogP contribution in [0.2, 0.25) is 0 Å². The third kappa shape index (κ3) is 2.12. The fraction of sp³-hybridized carbons (Fsp3) is 0.833. The average Bonchev–Trinajstić information content (AvgIpc) is 3.35. The first-order chi connectivity index (χ1) is 14.7. The van der Waals surface area contributed by atoms with Gasteiger partial charge >= 0.3 is 11.9 Å². The number of esters is 2. The van der Waals surface area contributed by atoms with Gasteiger partial charge in [-0.05, 0) is 17.8 Å². The third-order valence-corrected chi connectivity index (χ3v) is 10.1. The minimum atomic E-state index is -1.64. The van der Waals surface area contributed by atoms with Crippen LogP contribution >= 0.6 is 0 Å². The summed E-state index contributed by atoms with van der Waals surface area (Å²) in [4.78, 5) is 51.5. The second kappa shape index (κ2) is 6.00. The number of ketones is 2. The van der Waals surface area contributed by atoms with E-state index in [1.807, 2.05) is 13.8 Å². The molecule has 5 rings (SSSR count). The van der Waals surface area contributed by atoms with Crippen LogP contribution in [0.25, 0.3) is 0 Å². The van der Waals surface area contributed by atoms with E-state index in [1.54, 1.807) is 13.8 Å². The van der Waals surface area contributed by atoms with Crippen molar-refractivity contribution in [1.29, 1.82) is 0 Å². The fourth-order valence-electron chi connectivity index (χ4n) is 8.90. The van der Waals surface area contributed by atoms with Gasteiger partial charge in [-0.1, -0.05) is 27.7 Å². The number of rotatable bonds is 2. The first-order valence-electron chi connectivity index (χ1n) is 11.5. The van der Waals surface area contributed by atoms with Crippen molar-refractivity contribution in [3.8, 4) is 0 Å². The highest BCUT2D eigenvalue weighted by atomic mass is 16.6. The first kappa shape index (κ1) is 22.0. The molecule has 11 atom stereocenters. The zero-order chi connectivity index (χ0) is 23.8. The lowest BCUT2D eigenvalue weighted by molar-refractivity contribution is -0.385. The standard InChI is InChI=1S/C24H32O8/c1-9-8-23(9)19(28)14-15(31-10(2)25)16(32-11(3)26)18-21(4,5)13(27)7-12-22(18,6)17(14)24(12,30)20(23)29/h9,12,14-18,20,29-30H,7-8H2,1-6H3/t9-,12?,14+,15+,16+,17-,18-,20-,22+,23+,24+/m0/s1. The van der Waals surface area contributed by atoms with Gasteiger partial charge in [0.1, 0.15) is 23.8 Å². The van der Waals surface area contributed by atoms with Gasteiger partial charge in [-0.2, -0.15) is 0 Å². The van der Waals surface area contributed by atoms with Crippen molar-refractivity contribution in [2.45, 2.75) is 78.3 Å². The molecule has 0 radical (unpaired) electrons. The van der Waals surface area contributed by atoms with E-state index in [0.29, 0.717) is 6.42 Å². The van der Waals surface area contributed by atoms with Crippen molar-refractivity contribution in [3.63, 3.8) is 0 Å². The van der Waals surface area contributed by atoms with Crippen molar-refractivity contribution < 1.29 is 38.9 Å². The Labute approximate surface area is 187 Å². The van der Waals surface area contributed by atoms with Gasteiger partial charge in [0.2, 0.25) is 0 Å². The van der Waals surface area contributed by atoms with Crippen molar-refractivity contribution in [2.24, 2.45) is 45.8 Å². The van der Waals surface area contributed by atoms with Crippen LogP contribution < -0.4 is 0 Å². The van der Waals surface area contributed by atoms with Crippen molar-refractivity contribution in [1.82, 2.24) is 0 Å². The summed E-state index contributed by atoms with van der Waals surface area (Å²) in [5, 5.41) is 23.4. The summed E-state index contributed by atoms with van der Waals surface area (Å²) >= 11 is 0. The highest BCUT2D eigenvalue weighted by Gasteiger charge is 2.89. The monoisotopic (exact) mass is 448 g/mol. The van der Waals surface area contributed by atoms with Crippen molar-refractivity contribution in [2.75, 3.05) is 0 Å². The Balaban J connectivity index is 1.76. The SMILES string of the molecule is CC(=O)O[C@@H]1[C@H](OC(C)=O)[C@H]2C(=O)[C@]3(C[C@@H]3C)[C@H](O)[C@@]3(O)C4CC(=O)C(C)(C)[C@H]1[C@@]4(C)[C@H]23. The van der Waals surface area contributed by atoms with Crippen LogP contribution in [0.1, 0.15) is 54.4 Å². The van der Waals surface area contributed by atoms with Gasteiger partial charge < -0.3 is 19.7 Å². The molecule has 32 heavy (non-hydrogen) atoms. The molecule has 0 aliphatic heterocycles. The van der Waals surface area contributed by atoms with E-state index in [9.17, 15) is 29.4 Å². The van der Waals surface area contributed by atoms with E-state index >= 15 is 0 Å². The van der Waals surface area contributed by atoms with Crippen LogP contribution in [-0.4, -0.2) is 57.6 Å². The molecule has 176 valence electrons. The van der Waals surface area contributed by atoms with Crippen LogP contribution in [0.15, 0.2) is 0 Å². The molecule has 5 aliphatic rings. The fourth-order valence-corrected chi connectivity index (χ4v) is 8.90. The van der Waals surface area contributed by atoms with E-state index in [1.165, 1.54) is 13.8 Å². The topological polar surface area (TPSA) is 127 Å². The molecule has 5 fully saturated rings. The summed E-state index contributed by atoms with van der Waals surface area (Å²) in [5.41, 5.74) is -4.45. The summed E-state index contributed by atoms with van der Waals surface area (Å²) in [5.74, 6) is -4.46. The summed E-state index contributed by atoms with van der Waals surface area (Å²) in [7, 11) is 0. The molecule has 1 spiro atoms. The summed E-state index contributed by atoms with van der Waals surface area (Å²) in [6.45, 7) is 9.83. The van der Waals surface area contributed by atoms with Gasteiger partial charge in [0.15, 0.2) is 0 Å². The molecule has 0 saturated heterocycles. The quantitative estimate of drug-likeness (QED) is 0.600. The second-order valence-corrected chi connectivity index (χ2v) is 11.7. The summed E-state index contributed by atoms with van der Waals surface area (Å²) < 4.78 is 11.4. The minimum Gasteiger partial charge on any atom is -0.458 e. The number of carbonyl (C=O) groups excluding carboxylic acids is 4. The zero-order valence-electron chi connectivity index (χ0n) is 19.4. The number of aliphatic hydroxyl groups is 2. The molecule has 0 aromatic rings. The molecule has 8 heteroatoms. The van der Waals surface area contributed by atoms with E-state index in [-0.39, 0.29) is 23.9 Å². The van der Waals surface area contributed by atoms with Gasteiger partial charge in [0, 0.05) is 43.4 Å². The van der Waals surface area contributed by atoms with Gasteiger partial charge in [-0.3, -0.25) is 19.2 Å². The first-order valence-corrected chi connectivity index (χ1v) is 11.5. The Morgan fingerprint density at radius 1 is 1.00 bits per heavy atom. The Morgan fingerprint density at radius 3 is 2.03 bits per heavy atom. The number of carbonyl (C=O) groups is 4. The molecule has 0 heterocycles. The van der Waals surface area contributed by atoms with Gasteiger partial charge in [0.05, 0.1) is 23.0 Å². The largest absolute Gasteiger partial charge is 0.458 e. The highest BCUT2D eigenvalue weighted by Crippen LogP contribution is 2.81. The number of hydrogen-bond donors (Lipinski definition) is 2. The lowest BCUT2D eigenvalue weighted by Gasteiger charge is -2.79. The zero-order valence-corrected chi connectivity index (χ0v) is 19.4. The van der Waals surface area contributed by atoms with Gasteiger partial charge in [-0.25, -0.2) is 0 Å². The molecule has 0 amide bonds. The molecule has 8 nitrogen and oxygen atoms in total. The highest BCUT2D eigenvalue weighted by molar-refractivity contribution is 5.95. The Hall–Kier alpha value is -1.80. The average molecular weight is 449 g/mol. The third-order valence-electron chi connectivity index (χ3n) is 10.1. The normalized spacial score (nSPS) is 54.4. The Kier molecular flexibility index (Phi) is 4.13. The molecule has 0 bridgehead atoms. The lowest BCUT2D eigenvalue weighted by Crippen LogP contribution is -2.89. The van der Waals surface area contributed by atoms with E-state index < -0.39 is 75.8 Å². The number of hydrogen-bond acceptors (Lipinski definition) is 8. The van der Waals surface area contributed by atoms with Crippen LogP contribution in [0.3, 0.4) is 0 Å². The van der Waals surface area contributed by atoms with Crippen LogP contribution in [-0.2, 0) is 28.7 Å². The number of ether oxygens (including phenoxy) is 2. The summed E-state index contributed by atoms with van der Waals surface area (Å²) in [6, 6.07) is 0. The molecule has 0 aromatic carbocycles. The number of fused-ring (bicyclic) bond motifs is 1. The molecule has 5 saturated carbocycles. The summed E-state index contributed by atoms with van der Waals surface area (Å²) in [6.07, 6.45) is -2.90. The maximum absolute atomic E-state index is 13.9. The molecular weight excluding hydrogens is 416 g/mol. The molecule has 1 unspecified atom stereocenters. The predicted molar refractivity (Wildman–Crippen MR) is 109 cm³/mol. The molecule has 2 N–H and O–H groups in total. The Bertz CT molecular complexity index is 956. The van der Waals surface area contributed by atoms with Gasteiger partial charge in [0.25, 0.3) is 0 Å². The van der Waals surface area contributed by atoms with Crippen LogP contribution in [0.5, 0.6) is 0 Å². The molecule has 0 aromatic heterocycles.